The van der Waals surface area contributed by atoms with Gasteiger partial charge in [0.2, 0.25) is 0 Å². The summed E-state index contributed by atoms with van der Waals surface area (Å²) in [5.41, 5.74) is 0. The molecule has 0 N–H and O–H groups in total. The van der Waals surface area contributed by atoms with Crippen molar-refractivity contribution in [3.63, 3.8) is 0 Å². The maximum atomic E-state index is 12.7. The maximum Gasteiger partial charge on any atom is 0.306 e. The second-order valence-corrected chi connectivity index (χ2v) is 17.5. The molecule has 0 fully saturated rings. The highest BCUT2D eigenvalue weighted by atomic mass is 16.6. The van der Waals surface area contributed by atoms with Crippen molar-refractivity contribution in [1.29, 1.82) is 0 Å². The lowest BCUT2D eigenvalue weighted by molar-refractivity contribution is -0.167. The summed E-state index contributed by atoms with van der Waals surface area (Å²) in [6.45, 7) is 11.3. The molecule has 0 rings (SSSR count). The first-order valence-electron chi connectivity index (χ1n) is 24.3. The second-order valence-electron chi connectivity index (χ2n) is 17.5. The fourth-order valence-corrected chi connectivity index (χ4v) is 7.25. The predicted octanol–water partition coefficient (Wildman–Crippen LogP) is 15.4. The molecular weight excluding hydrogens is 685 g/mol. The zero-order valence-corrected chi connectivity index (χ0v) is 37.6. The van der Waals surface area contributed by atoms with Crippen LogP contribution in [0.5, 0.6) is 0 Å². The first-order valence-corrected chi connectivity index (χ1v) is 24.3. The molecule has 0 amide bonds. The average Bonchev–Trinajstić information content (AvgIpc) is 3.17. The van der Waals surface area contributed by atoms with Crippen molar-refractivity contribution in [1.82, 2.24) is 0 Å². The largest absolute Gasteiger partial charge is 0.462 e. The van der Waals surface area contributed by atoms with E-state index in [0.717, 1.165) is 69.6 Å². The van der Waals surface area contributed by atoms with Gasteiger partial charge in [-0.3, -0.25) is 14.4 Å². The van der Waals surface area contributed by atoms with Crippen LogP contribution in [0.4, 0.5) is 0 Å². The molecule has 6 nitrogen and oxygen atoms in total. The van der Waals surface area contributed by atoms with Crippen molar-refractivity contribution >= 4 is 17.9 Å². The standard InChI is InChI=1S/C49H94O6/c1-6-8-9-10-11-12-13-14-15-19-24-29-34-39-47(50)53-42-46(55-49(52)41-36-31-26-21-22-27-32-37-44(3)4)43-54-48(51)40-35-30-25-20-17-16-18-23-28-33-38-45(5)7-2/h44-46H,6-43H2,1-5H3/t45?,46-/m1/s1. The van der Waals surface area contributed by atoms with Crippen molar-refractivity contribution in [3.8, 4) is 0 Å². The van der Waals surface area contributed by atoms with Crippen LogP contribution in [0, 0.1) is 11.8 Å². The van der Waals surface area contributed by atoms with Crippen molar-refractivity contribution < 1.29 is 28.6 Å². The van der Waals surface area contributed by atoms with E-state index in [1.54, 1.807) is 0 Å². The van der Waals surface area contributed by atoms with Crippen LogP contribution in [-0.4, -0.2) is 37.2 Å². The van der Waals surface area contributed by atoms with Gasteiger partial charge in [0.1, 0.15) is 13.2 Å². The molecule has 0 heterocycles. The number of unbranched alkanes of at least 4 members (excludes halogenated alkanes) is 27. The van der Waals surface area contributed by atoms with Gasteiger partial charge in [-0.05, 0) is 31.1 Å². The Hall–Kier alpha value is -1.59. The smallest absolute Gasteiger partial charge is 0.306 e. The Bertz CT molecular complexity index is 841. The monoisotopic (exact) mass is 779 g/mol. The molecule has 0 saturated carbocycles. The summed E-state index contributed by atoms with van der Waals surface area (Å²) in [6, 6.07) is 0. The molecule has 6 heteroatoms. The Morgan fingerprint density at radius 3 is 1.04 bits per heavy atom. The fraction of sp³-hybridized carbons (Fsp3) is 0.939. The minimum Gasteiger partial charge on any atom is -0.462 e. The van der Waals surface area contributed by atoms with Crippen LogP contribution < -0.4 is 0 Å². The van der Waals surface area contributed by atoms with E-state index >= 15 is 0 Å². The Kier molecular flexibility index (Phi) is 40.8. The van der Waals surface area contributed by atoms with Gasteiger partial charge in [-0.2, -0.15) is 0 Å². The summed E-state index contributed by atoms with van der Waals surface area (Å²) in [5.74, 6) is 0.791. The van der Waals surface area contributed by atoms with E-state index in [1.165, 1.54) is 154 Å². The van der Waals surface area contributed by atoms with Crippen LogP contribution in [0.15, 0.2) is 0 Å². The minimum absolute atomic E-state index is 0.0649. The quantitative estimate of drug-likeness (QED) is 0.0348. The van der Waals surface area contributed by atoms with Crippen molar-refractivity contribution in [2.45, 2.75) is 272 Å². The molecule has 2 atom stereocenters. The van der Waals surface area contributed by atoms with E-state index in [0.29, 0.717) is 19.3 Å². The zero-order chi connectivity index (χ0) is 40.5. The molecule has 0 bridgehead atoms. The summed E-state index contributed by atoms with van der Waals surface area (Å²) in [7, 11) is 0. The maximum absolute atomic E-state index is 12.7. The van der Waals surface area contributed by atoms with Crippen LogP contribution in [0.1, 0.15) is 266 Å². The van der Waals surface area contributed by atoms with Gasteiger partial charge in [-0.1, -0.05) is 227 Å². The van der Waals surface area contributed by atoms with Crippen LogP contribution in [0.2, 0.25) is 0 Å². The van der Waals surface area contributed by atoms with Crippen LogP contribution in [0.3, 0.4) is 0 Å². The molecule has 0 aromatic heterocycles. The van der Waals surface area contributed by atoms with Gasteiger partial charge < -0.3 is 14.2 Å². The van der Waals surface area contributed by atoms with Gasteiger partial charge in [0.05, 0.1) is 0 Å². The van der Waals surface area contributed by atoms with Crippen molar-refractivity contribution in [2.24, 2.45) is 11.8 Å². The van der Waals surface area contributed by atoms with Crippen molar-refractivity contribution in [3.05, 3.63) is 0 Å². The molecule has 55 heavy (non-hydrogen) atoms. The molecule has 0 aromatic carbocycles. The lowest BCUT2D eigenvalue weighted by atomic mass is 9.99. The molecule has 0 aromatic rings. The molecule has 0 aliphatic heterocycles. The summed E-state index contributed by atoms with van der Waals surface area (Å²) >= 11 is 0. The third-order valence-electron chi connectivity index (χ3n) is 11.3. The minimum atomic E-state index is -0.761. The molecule has 0 saturated heterocycles. The average molecular weight is 779 g/mol. The van der Waals surface area contributed by atoms with Gasteiger partial charge in [0.15, 0.2) is 6.10 Å². The summed E-state index contributed by atoms with van der Waals surface area (Å²) in [5, 5.41) is 0. The predicted molar refractivity (Wildman–Crippen MR) is 233 cm³/mol. The number of esters is 3. The van der Waals surface area contributed by atoms with E-state index < -0.39 is 6.10 Å². The fourth-order valence-electron chi connectivity index (χ4n) is 7.25. The Morgan fingerprint density at radius 2 is 0.691 bits per heavy atom. The van der Waals surface area contributed by atoms with E-state index in [-0.39, 0.29) is 31.1 Å². The van der Waals surface area contributed by atoms with E-state index in [9.17, 15) is 14.4 Å². The molecule has 1 unspecified atom stereocenters. The molecular formula is C49H94O6. The first kappa shape index (κ1) is 53.4. The van der Waals surface area contributed by atoms with Crippen LogP contribution >= 0.6 is 0 Å². The summed E-state index contributed by atoms with van der Waals surface area (Å²) in [4.78, 5) is 37.8. The number of hydrogen-bond acceptors (Lipinski definition) is 6. The Labute approximate surface area is 342 Å². The van der Waals surface area contributed by atoms with E-state index in [1.807, 2.05) is 0 Å². The van der Waals surface area contributed by atoms with Crippen LogP contribution in [-0.2, 0) is 28.6 Å². The molecule has 0 aliphatic rings. The lowest BCUT2D eigenvalue weighted by Crippen LogP contribution is -2.30. The zero-order valence-electron chi connectivity index (χ0n) is 37.6. The molecule has 0 radical (unpaired) electrons. The normalized spacial score (nSPS) is 12.5. The lowest BCUT2D eigenvalue weighted by Gasteiger charge is -2.18. The number of rotatable bonds is 43. The number of ether oxygens (including phenoxy) is 3. The van der Waals surface area contributed by atoms with Gasteiger partial charge in [-0.25, -0.2) is 0 Å². The number of hydrogen-bond donors (Lipinski definition) is 0. The topological polar surface area (TPSA) is 78.9 Å². The SMILES string of the molecule is CCCCCCCCCCCCCCCC(=O)OC[C@H](COC(=O)CCCCCCCCCCCCC(C)CC)OC(=O)CCCCCCCCCC(C)C. The Balaban J connectivity index is 4.31. The third kappa shape index (κ3) is 41.9. The number of carbonyl (C=O) groups is 3. The van der Waals surface area contributed by atoms with E-state index in [2.05, 4.69) is 34.6 Å². The molecule has 326 valence electrons. The number of carbonyl (C=O) groups excluding carboxylic acids is 3. The van der Waals surface area contributed by atoms with Crippen LogP contribution in [0.25, 0.3) is 0 Å². The molecule has 0 aliphatic carbocycles. The van der Waals surface area contributed by atoms with Crippen molar-refractivity contribution in [2.75, 3.05) is 13.2 Å². The first-order chi connectivity index (χ1) is 26.8. The highest BCUT2D eigenvalue weighted by molar-refractivity contribution is 5.71. The van der Waals surface area contributed by atoms with Gasteiger partial charge >= 0.3 is 17.9 Å². The van der Waals surface area contributed by atoms with Gasteiger partial charge in [-0.15, -0.1) is 0 Å². The highest BCUT2D eigenvalue weighted by Crippen LogP contribution is 2.17. The highest BCUT2D eigenvalue weighted by Gasteiger charge is 2.19. The summed E-state index contributed by atoms with van der Waals surface area (Å²) in [6.07, 6.45) is 40.8. The molecule has 0 spiro atoms. The Morgan fingerprint density at radius 1 is 0.382 bits per heavy atom. The van der Waals surface area contributed by atoms with Gasteiger partial charge in [0, 0.05) is 19.3 Å². The van der Waals surface area contributed by atoms with Gasteiger partial charge in [0.25, 0.3) is 0 Å². The third-order valence-corrected chi connectivity index (χ3v) is 11.3. The van der Waals surface area contributed by atoms with E-state index in [4.69, 9.17) is 14.2 Å². The summed E-state index contributed by atoms with van der Waals surface area (Å²) < 4.78 is 16.7. The second kappa shape index (κ2) is 42.0.